The van der Waals surface area contributed by atoms with Gasteiger partial charge in [0.1, 0.15) is 0 Å². The molecule has 0 spiro atoms. The summed E-state index contributed by atoms with van der Waals surface area (Å²) in [7, 11) is 0. The Morgan fingerprint density at radius 1 is 1.00 bits per heavy atom. The summed E-state index contributed by atoms with van der Waals surface area (Å²) in [4.78, 5) is 0. The molecule has 0 radical (unpaired) electrons. The third-order valence-corrected chi connectivity index (χ3v) is 5.34. The average Bonchev–Trinajstić information content (AvgIpc) is 2.74. The van der Waals surface area contributed by atoms with Crippen molar-refractivity contribution in [2.75, 3.05) is 13.2 Å². The third kappa shape index (κ3) is 3.71. The summed E-state index contributed by atoms with van der Waals surface area (Å²) in [5.41, 5.74) is 0.750. The molecule has 18 heavy (non-hydrogen) atoms. The summed E-state index contributed by atoms with van der Waals surface area (Å²) in [6.45, 7) is 6.22. The molecular formula is C16H31NO. The van der Waals surface area contributed by atoms with Gasteiger partial charge in [-0.05, 0) is 43.9 Å². The van der Waals surface area contributed by atoms with Gasteiger partial charge in [-0.1, -0.05) is 33.1 Å². The number of hydrogen-bond acceptors (Lipinski definition) is 2. The Morgan fingerprint density at radius 2 is 1.72 bits per heavy atom. The maximum Gasteiger partial charge on any atom is 0.0499 e. The van der Waals surface area contributed by atoms with Crippen LogP contribution in [0, 0.1) is 10.8 Å². The maximum atomic E-state index is 9.64. The van der Waals surface area contributed by atoms with E-state index in [1.165, 1.54) is 57.8 Å². The van der Waals surface area contributed by atoms with Crippen molar-refractivity contribution >= 4 is 0 Å². The molecule has 0 saturated heterocycles. The number of aliphatic hydroxyl groups is 1. The molecule has 2 rings (SSSR count). The van der Waals surface area contributed by atoms with Crippen molar-refractivity contribution < 1.29 is 5.11 Å². The van der Waals surface area contributed by atoms with Gasteiger partial charge in [0.2, 0.25) is 0 Å². The highest BCUT2D eigenvalue weighted by atomic mass is 16.3. The highest BCUT2D eigenvalue weighted by molar-refractivity contribution is 4.88. The zero-order valence-corrected chi connectivity index (χ0v) is 12.3. The highest BCUT2D eigenvalue weighted by Crippen LogP contribution is 2.38. The fourth-order valence-electron chi connectivity index (χ4n) is 3.74. The second-order valence-electron chi connectivity index (χ2n) is 7.54. The minimum Gasteiger partial charge on any atom is -0.396 e. The van der Waals surface area contributed by atoms with Gasteiger partial charge in [-0.3, -0.25) is 0 Å². The van der Waals surface area contributed by atoms with Crippen molar-refractivity contribution in [1.82, 2.24) is 5.32 Å². The van der Waals surface area contributed by atoms with Crippen LogP contribution in [0.25, 0.3) is 0 Å². The van der Waals surface area contributed by atoms with Gasteiger partial charge in [-0.15, -0.1) is 0 Å². The topological polar surface area (TPSA) is 32.3 Å². The smallest absolute Gasteiger partial charge is 0.0499 e. The Bertz CT molecular complexity index is 256. The Morgan fingerprint density at radius 3 is 2.39 bits per heavy atom. The van der Waals surface area contributed by atoms with E-state index in [-0.39, 0.29) is 5.41 Å². The second-order valence-corrected chi connectivity index (χ2v) is 7.54. The Hall–Kier alpha value is -0.0800. The Kier molecular flexibility index (Phi) is 4.71. The van der Waals surface area contributed by atoms with Crippen LogP contribution in [0.1, 0.15) is 71.6 Å². The molecule has 0 heterocycles. The van der Waals surface area contributed by atoms with E-state index in [0.717, 1.165) is 6.54 Å². The first-order chi connectivity index (χ1) is 8.55. The van der Waals surface area contributed by atoms with Crippen molar-refractivity contribution in [3.05, 3.63) is 0 Å². The maximum absolute atomic E-state index is 9.64. The fraction of sp³-hybridized carbons (Fsp3) is 1.00. The largest absolute Gasteiger partial charge is 0.396 e. The lowest BCUT2D eigenvalue weighted by molar-refractivity contribution is 0.123. The van der Waals surface area contributed by atoms with Crippen LogP contribution in [0.5, 0.6) is 0 Å². The molecule has 2 aliphatic carbocycles. The molecule has 0 aromatic heterocycles. The van der Waals surface area contributed by atoms with E-state index < -0.39 is 0 Å². The molecule has 2 fully saturated rings. The lowest BCUT2D eigenvalue weighted by Crippen LogP contribution is -2.40. The fourth-order valence-corrected chi connectivity index (χ4v) is 3.74. The first-order valence-electron chi connectivity index (χ1n) is 7.90. The molecule has 1 atom stereocenters. The van der Waals surface area contributed by atoms with E-state index in [1.807, 2.05) is 0 Å². The molecular weight excluding hydrogens is 222 g/mol. The monoisotopic (exact) mass is 253 g/mol. The number of nitrogens with one attached hydrogen (secondary N) is 1. The van der Waals surface area contributed by atoms with Crippen LogP contribution >= 0.6 is 0 Å². The summed E-state index contributed by atoms with van der Waals surface area (Å²) in [6.07, 6.45) is 11.8. The van der Waals surface area contributed by atoms with E-state index in [1.54, 1.807) is 0 Å². The zero-order chi connectivity index (χ0) is 13.1. The van der Waals surface area contributed by atoms with Crippen molar-refractivity contribution in [2.24, 2.45) is 10.8 Å². The van der Waals surface area contributed by atoms with E-state index in [9.17, 15) is 5.11 Å². The summed E-state index contributed by atoms with van der Waals surface area (Å²) < 4.78 is 0. The van der Waals surface area contributed by atoms with Gasteiger partial charge < -0.3 is 10.4 Å². The number of rotatable bonds is 4. The van der Waals surface area contributed by atoms with Crippen LogP contribution in [0.4, 0.5) is 0 Å². The van der Waals surface area contributed by atoms with Gasteiger partial charge in [-0.2, -0.15) is 0 Å². The average molecular weight is 253 g/mol. The van der Waals surface area contributed by atoms with Crippen molar-refractivity contribution in [2.45, 2.75) is 77.7 Å². The quantitative estimate of drug-likeness (QED) is 0.752. The van der Waals surface area contributed by atoms with Crippen molar-refractivity contribution in [3.8, 4) is 0 Å². The SMILES string of the molecule is CC1(C)CCCC(NCC2(CO)CCCC2)CC1. The first-order valence-corrected chi connectivity index (χ1v) is 7.90. The van der Waals surface area contributed by atoms with E-state index >= 15 is 0 Å². The molecule has 106 valence electrons. The van der Waals surface area contributed by atoms with Gasteiger partial charge in [0, 0.05) is 24.6 Å². The van der Waals surface area contributed by atoms with Crippen LogP contribution in [0.15, 0.2) is 0 Å². The highest BCUT2D eigenvalue weighted by Gasteiger charge is 2.34. The predicted octanol–water partition coefficient (Wildman–Crippen LogP) is 3.49. The lowest BCUT2D eigenvalue weighted by atomic mass is 9.85. The molecule has 2 heteroatoms. The molecule has 0 aromatic carbocycles. The van der Waals surface area contributed by atoms with Gasteiger partial charge in [0.25, 0.3) is 0 Å². The van der Waals surface area contributed by atoms with E-state index in [0.29, 0.717) is 18.1 Å². The zero-order valence-electron chi connectivity index (χ0n) is 12.3. The van der Waals surface area contributed by atoms with Crippen LogP contribution in [-0.2, 0) is 0 Å². The summed E-state index contributed by atoms with van der Waals surface area (Å²) in [5, 5.41) is 13.4. The Balaban J connectivity index is 1.79. The van der Waals surface area contributed by atoms with Crippen LogP contribution in [0.3, 0.4) is 0 Å². The molecule has 2 aliphatic rings. The van der Waals surface area contributed by atoms with Crippen LogP contribution in [0.2, 0.25) is 0 Å². The minimum atomic E-state index is 0.210. The standard InChI is InChI=1S/C16H31NO/c1-15(2)8-5-6-14(7-11-15)17-12-16(13-18)9-3-4-10-16/h14,17-18H,3-13H2,1-2H3. The van der Waals surface area contributed by atoms with Crippen molar-refractivity contribution in [1.29, 1.82) is 0 Å². The molecule has 0 amide bonds. The van der Waals surface area contributed by atoms with Gasteiger partial charge in [0.15, 0.2) is 0 Å². The van der Waals surface area contributed by atoms with Crippen molar-refractivity contribution in [3.63, 3.8) is 0 Å². The number of aliphatic hydroxyl groups excluding tert-OH is 1. The molecule has 1 unspecified atom stereocenters. The Labute approximate surface area is 113 Å². The lowest BCUT2D eigenvalue weighted by Gasteiger charge is -2.29. The van der Waals surface area contributed by atoms with Gasteiger partial charge in [0.05, 0.1) is 0 Å². The summed E-state index contributed by atoms with van der Waals surface area (Å²) in [5.74, 6) is 0. The van der Waals surface area contributed by atoms with Crippen LogP contribution in [-0.4, -0.2) is 24.3 Å². The molecule has 0 aromatic rings. The van der Waals surface area contributed by atoms with Crippen LogP contribution < -0.4 is 5.32 Å². The predicted molar refractivity (Wildman–Crippen MR) is 76.6 cm³/mol. The summed E-state index contributed by atoms with van der Waals surface area (Å²) in [6, 6.07) is 0.691. The normalized spacial score (nSPS) is 31.2. The molecule has 2 N–H and O–H groups in total. The molecule has 2 saturated carbocycles. The molecule has 0 aliphatic heterocycles. The second kappa shape index (κ2) is 5.92. The molecule has 2 nitrogen and oxygen atoms in total. The van der Waals surface area contributed by atoms with E-state index in [2.05, 4.69) is 19.2 Å². The van der Waals surface area contributed by atoms with Gasteiger partial charge >= 0.3 is 0 Å². The first kappa shape index (κ1) is 14.3. The summed E-state index contributed by atoms with van der Waals surface area (Å²) >= 11 is 0. The molecule has 0 bridgehead atoms. The minimum absolute atomic E-state index is 0.210. The third-order valence-electron chi connectivity index (χ3n) is 5.34. The number of hydrogen-bond donors (Lipinski definition) is 2. The van der Waals surface area contributed by atoms with E-state index in [4.69, 9.17) is 0 Å². The van der Waals surface area contributed by atoms with Gasteiger partial charge in [-0.25, -0.2) is 0 Å².